The van der Waals surface area contributed by atoms with Crippen LogP contribution in [0.2, 0.25) is 0 Å². The van der Waals surface area contributed by atoms with E-state index in [1.54, 1.807) is 7.11 Å². The van der Waals surface area contributed by atoms with Gasteiger partial charge in [-0.05, 0) is 33.1 Å². The van der Waals surface area contributed by atoms with Crippen LogP contribution in [0, 0.1) is 0 Å². The monoisotopic (exact) mass is 226 g/mol. The molecule has 0 aromatic rings. The van der Waals surface area contributed by atoms with E-state index in [4.69, 9.17) is 4.74 Å². The van der Waals surface area contributed by atoms with E-state index in [9.17, 15) is 4.79 Å². The highest BCUT2D eigenvalue weighted by molar-refractivity contribution is 5.83. The van der Waals surface area contributed by atoms with Gasteiger partial charge < -0.3 is 15.0 Å². The number of nitrogens with one attached hydrogen (secondary N) is 1. The van der Waals surface area contributed by atoms with Crippen LogP contribution in [0.25, 0.3) is 0 Å². The zero-order valence-electron chi connectivity index (χ0n) is 10.5. The Hall–Kier alpha value is -0.610. The van der Waals surface area contributed by atoms with Crippen LogP contribution in [0.1, 0.15) is 33.1 Å². The summed E-state index contributed by atoms with van der Waals surface area (Å²) in [6, 6.07) is -0.0395. The molecule has 0 spiro atoms. The fraction of sp³-hybridized carbons (Fsp3) is 0.917. The van der Waals surface area contributed by atoms with E-state index < -0.39 is 0 Å². The van der Waals surface area contributed by atoms with Gasteiger partial charge in [0.05, 0.1) is 12.1 Å². The van der Waals surface area contributed by atoms with Crippen LogP contribution >= 0.6 is 0 Å². The molecule has 2 fully saturated rings. The van der Waals surface area contributed by atoms with Crippen LogP contribution in [0.4, 0.5) is 0 Å². The Morgan fingerprint density at radius 1 is 1.50 bits per heavy atom. The molecule has 0 aromatic heterocycles. The molecule has 4 heteroatoms. The maximum atomic E-state index is 12.3. The van der Waals surface area contributed by atoms with Gasteiger partial charge >= 0.3 is 0 Å². The first-order valence-electron chi connectivity index (χ1n) is 6.12. The maximum absolute atomic E-state index is 12.3. The minimum Gasteiger partial charge on any atom is -0.380 e. The predicted octanol–water partition coefficient (Wildman–Crippen LogP) is 0.764. The minimum absolute atomic E-state index is 0.0317. The average Bonchev–Trinajstić information content (AvgIpc) is 2.82. The van der Waals surface area contributed by atoms with E-state index in [0.717, 1.165) is 32.4 Å². The summed E-state index contributed by atoms with van der Waals surface area (Å²) in [6.07, 6.45) is 3.24. The number of carbonyl (C=O) groups excluding carboxylic acids is 1. The third-order valence-electron chi connectivity index (χ3n) is 3.89. The Kier molecular flexibility index (Phi) is 3.22. The second-order valence-corrected chi connectivity index (χ2v) is 5.46. The van der Waals surface area contributed by atoms with Gasteiger partial charge in [0, 0.05) is 25.7 Å². The van der Waals surface area contributed by atoms with Crippen LogP contribution in [0.3, 0.4) is 0 Å². The quantitative estimate of drug-likeness (QED) is 0.756. The molecule has 92 valence electrons. The number of hydrogen-bond acceptors (Lipinski definition) is 3. The number of hydrogen-bond donors (Lipinski definition) is 1. The smallest absolute Gasteiger partial charge is 0.240 e. The Morgan fingerprint density at radius 3 is 2.75 bits per heavy atom. The van der Waals surface area contributed by atoms with Gasteiger partial charge in [-0.1, -0.05) is 0 Å². The molecule has 2 atom stereocenters. The summed E-state index contributed by atoms with van der Waals surface area (Å²) in [4.78, 5) is 14.4. The van der Waals surface area contributed by atoms with Gasteiger partial charge in [-0.2, -0.15) is 0 Å². The van der Waals surface area contributed by atoms with Crippen molar-refractivity contribution in [2.45, 2.75) is 50.8 Å². The normalized spacial score (nSPS) is 33.3. The van der Waals surface area contributed by atoms with Gasteiger partial charge in [-0.25, -0.2) is 0 Å². The molecule has 1 amide bonds. The lowest BCUT2D eigenvalue weighted by Crippen LogP contribution is -2.50. The lowest BCUT2D eigenvalue weighted by Gasteiger charge is -2.33. The van der Waals surface area contributed by atoms with E-state index in [0.29, 0.717) is 0 Å². The molecule has 4 nitrogen and oxygen atoms in total. The van der Waals surface area contributed by atoms with Crippen LogP contribution in [-0.4, -0.2) is 48.7 Å². The number of likely N-dealkylation sites (tertiary alicyclic amines) is 1. The maximum Gasteiger partial charge on any atom is 0.240 e. The number of amides is 1. The number of ether oxygens (including phenoxy) is 1. The molecule has 0 aromatic carbocycles. The van der Waals surface area contributed by atoms with E-state index in [1.807, 2.05) is 4.90 Å². The first-order chi connectivity index (χ1) is 7.54. The summed E-state index contributed by atoms with van der Waals surface area (Å²) in [5.74, 6) is 0.252. The minimum atomic E-state index is -0.0395. The first kappa shape index (κ1) is 11.9. The van der Waals surface area contributed by atoms with Crippen molar-refractivity contribution in [3.8, 4) is 0 Å². The van der Waals surface area contributed by atoms with Crippen molar-refractivity contribution in [2.75, 3.05) is 20.2 Å². The van der Waals surface area contributed by atoms with Gasteiger partial charge in [-0.3, -0.25) is 4.79 Å². The molecule has 0 radical (unpaired) electrons. The highest BCUT2D eigenvalue weighted by Gasteiger charge is 2.40. The topological polar surface area (TPSA) is 41.6 Å². The highest BCUT2D eigenvalue weighted by Crippen LogP contribution is 2.29. The fourth-order valence-electron chi connectivity index (χ4n) is 2.77. The number of nitrogens with zero attached hydrogens (tertiary/aromatic N) is 1. The largest absolute Gasteiger partial charge is 0.380 e. The van der Waals surface area contributed by atoms with Crippen molar-refractivity contribution in [1.82, 2.24) is 10.2 Å². The highest BCUT2D eigenvalue weighted by atomic mass is 16.5. The number of methoxy groups -OCH3 is 1. The number of rotatable bonds is 2. The molecule has 2 heterocycles. The second kappa shape index (κ2) is 4.34. The molecule has 2 unspecified atom stereocenters. The first-order valence-corrected chi connectivity index (χ1v) is 6.12. The molecule has 2 saturated heterocycles. The molecule has 0 saturated carbocycles. The SMILES string of the molecule is COC1CNC(C(=O)N2CCCC2(C)C)C1. The van der Waals surface area contributed by atoms with Crippen molar-refractivity contribution in [3.05, 3.63) is 0 Å². The van der Waals surface area contributed by atoms with Crippen molar-refractivity contribution in [1.29, 1.82) is 0 Å². The van der Waals surface area contributed by atoms with Crippen molar-refractivity contribution < 1.29 is 9.53 Å². The Morgan fingerprint density at radius 2 is 2.25 bits per heavy atom. The lowest BCUT2D eigenvalue weighted by molar-refractivity contribution is -0.136. The molecule has 1 N–H and O–H groups in total. The van der Waals surface area contributed by atoms with E-state index in [1.165, 1.54) is 0 Å². The van der Waals surface area contributed by atoms with Crippen molar-refractivity contribution in [3.63, 3.8) is 0 Å². The Labute approximate surface area is 97.3 Å². The van der Waals surface area contributed by atoms with Crippen molar-refractivity contribution in [2.24, 2.45) is 0 Å². The van der Waals surface area contributed by atoms with Gasteiger partial charge in [0.25, 0.3) is 0 Å². The zero-order valence-corrected chi connectivity index (χ0v) is 10.5. The summed E-state index contributed by atoms with van der Waals surface area (Å²) in [5, 5.41) is 3.26. The van der Waals surface area contributed by atoms with E-state index >= 15 is 0 Å². The molecule has 2 aliphatic rings. The summed E-state index contributed by atoms with van der Waals surface area (Å²) in [7, 11) is 1.71. The molecule has 0 aliphatic carbocycles. The molecule has 0 bridgehead atoms. The summed E-state index contributed by atoms with van der Waals surface area (Å²) in [6.45, 7) is 6.00. The molecule has 2 rings (SSSR count). The van der Waals surface area contributed by atoms with Crippen molar-refractivity contribution >= 4 is 5.91 Å². The Balaban J connectivity index is 1.98. The zero-order chi connectivity index (χ0) is 11.8. The Bertz CT molecular complexity index is 278. The van der Waals surface area contributed by atoms with E-state index in [-0.39, 0.29) is 23.6 Å². The van der Waals surface area contributed by atoms with Gasteiger partial charge in [-0.15, -0.1) is 0 Å². The third kappa shape index (κ3) is 2.09. The van der Waals surface area contributed by atoms with E-state index in [2.05, 4.69) is 19.2 Å². The molecule has 2 aliphatic heterocycles. The summed E-state index contributed by atoms with van der Waals surface area (Å²) in [5.41, 5.74) is 0.0317. The van der Waals surface area contributed by atoms with Crippen LogP contribution in [-0.2, 0) is 9.53 Å². The van der Waals surface area contributed by atoms with Gasteiger partial charge in [0.1, 0.15) is 0 Å². The van der Waals surface area contributed by atoms with Crippen LogP contribution < -0.4 is 5.32 Å². The molecular formula is C12H22N2O2. The summed E-state index contributed by atoms with van der Waals surface area (Å²) >= 11 is 0. The third-order valence-corrected chi connectivity index (χ3v) is 3.89. The standard InChI is InChI=1S/C12H22N2O2/c1-12(2)5-4-6-14(12)11(15)10-7-9(16-3)8-13-10/h9-10,13H,4-8H2,1-3H3. The lowest BCUT2D eigenvalue weighted by atomic mass is 10.0. The van der Waals surface area contributed by atoms with Crippen LogP contribution in [0.15, 0.2) is 0 Å². The van der Waals surface area contributed by atoms with Gasteiger partial charge in [0.2, 0.25) is 5.91 Å². The molecule has 16 heavy (non-hydrogen) atoms. The number of carbonyl (C=O) groups is 1. The van der Waals surface area contributed by atoms with Crippen LogP contribution in [0.5, 0.6) is 0 Å². The second-order valence-electron chi connectivity index (χ2n) is 5.46. The molecular weight excluding hydrogens is 204 g/mol. The average molecular weight is 226 g/mol. The fourth-order valence-corrected chi connectivity index (χ4v) is 2.77. The predicted molar refractivity (Wildman–Crippen MR) is 62.2 cm³/mol. The van der Waals surface area contributed by atoms with Gasteiger partial charge in [0.15, 0.2) is 0 Å². The summed E-state index contributed by atoms with van der Waals surface area (Å²) < 4.78 is 5.27.